The predicted molar refractivity (Wildman–Crippen MR) is 105 cm³/mol. The third-order valence-corrected chi connectivity index (χ3v) is 4.35. The van der Waals surface area contributed by atoms with Crippen LogP contribution in [-0.4, -0.2) is 27.0 Å². The number of aliphatic carboxylic acids is 1. The Bertz CT molecular complexity index is 1130. The highest BCUT2D eigenvalue weighted by atomic mass is 16.5. The van der Waals surface area contributed by atoms with Crippen LogP contribution in [0.3, 0.4) is 0 Å². The van der Waals surface area contributed by atoms with E-state index in [-0.39, 0.29) is 23.8 Å². The molecule has 1 aromatic heterocycles. The van der Waals surface area contributed by atoms with Crippen LogP contribution in [-0.2, 0) is 9.59 Å². The average Bonchev–Trinajstić information content (AvgIpc) is 2.69. The Morgan fingerprint density at radius 3 is 2.45 bits per heavy atom. The fraction of sp³-hybridized carbons (Fsp3) is 0.100. The minimum absolute atomic E-state index is 0.0519. The molecule has 146 valence electrons. The molecule has 0 saturated carbocycles. The van der Waals surface area contributed by atoms with Crippen LogP contribution in [0.4, 0.5) is 17.5 Å². The molecule has 1 aliphatic rings. The van der Waals surface area contributed by atoms with E-state index < -0.39 is 23.4 Å². The first-order valence-electron chi connectivity index (χ1n) is 8.76. The normalized spacial score (nSPS) is 15.2. The number of ether oxygens (including phenoxy) is 1. The Morgan fingerprint density at radius 1 is 1.07 bits per heavy atom. The van der Waals surface area contributed by atoms with E-state index in [0.717, 1.165) is 0 Å². The average molecular weight is 392 g/mol. The molecule has 1 atom stereocenters. The molecule has 1 unspecified atom stereocenters. The summed E-state index contributed by atoms with van der Waals surface area (Å²) >= 11 is 0. The Balaban J connectivity index is 1.55. The number of nitrogens with zero attached hydrogens (tertiary/aromatic N) is 1. The van der Waals surface area contributed by atoms with Crippen molar-refractivity contribution in [1.82, 2.24) is 9.97 Å². The number of amides is 1. The van der Waals surface area contributed by atoms with Gasteiger partial charge in [-0.05, 0) is 36.4 Å². The van der Waals surface area contributed by atoms with Crippen LogP contribution < -0.4 is 20.9 Å². The molecule has 0 aliphatic carbocycles. The van der Waals surface area contributed by atoms with Gasteiger partial charge in [0, 0.05) is 12.1 Å². The summed E-state index contributed by atoms with van der Waals surface area (Å²) in [5.74, 6) is -1.61. The van der Waals surface area contributed by atoms with Gasteiger partial charge >= 0.3 is 5.97 Å². The molecule has 0 bridgehead atoms. The van der Waals surface area contributed by atoms with Crippen molar-refractivity contribution in [3.05, 3.63) is 70.5 Å². The molecule has 2 heterocycles. The molecule has 1 aliphatic heterocycles. The Labute approximate surface area is 164 Å². The van der Waals surface area contributed by atoms with Gasteiger partial charge in [0.25, 0.3) is 5.56 Å². The molecule has 3 aromatic rings. The largest absolute Gasteiger partial charge is 0.481 e. The van der Waals surface area contributed by atoms with Crippen LogP contribution >= 0.6 is 0 Å². The lowest BCUT2D eigenvalue weighted by molar-refractivity contribution is -0.140. The Kier molecular flexibility index (Phi) is 4.70. The summed E-state index contributed by atoms with van der Waals surface area (Å²) in [6, 6.07) is 16.3. The van der Waals surface area contributed by atoms with Crippen molar-refractivity contribution < 1.29 is 19.4 Å². The summed E-state index contributed by atoms with van der Waals surface area (Å²) in [6.45, 7) is 0. The minimum Gasteiger partial charge on any atom is -0.481 e. The fourth-order valence-corrected chi connectivity index (χ4v) is 3.01. The second kappa shape index (κ2) is 7.47. The predicted octanol–water partition coefficient (Wildman–Crippen LogP) is 2.82. The van der Waals surface area contributed by atoms with Gasteiger partial charge in [0.05, 0.1) is 11.5 Å². The molecule has 9 heteroatoms. The number of carboxylic acids is 1. The highest BCUT2D eigenvalue weighted by molar-refractivity contribution is 5.98. The van der Waals surface area contributed by atoms with Gasteiger partial charge in [-0.15, -0.1) is 0 Å². The number of carbonyl (C=O) groups is 2. The van der Waals surface area contributed by atoms with Gasteiger partial charge in [-0.1, -0.05) is 18.2 Å². The SMILES string of the molecule is O=C1CC(C(=O)O)c2c(nc(Nc3ccc(Oc4ccccc4)cc3)[nH]c2=O)N1. The first kappa shape index (κ1) is 18.2. The topological polar surface area (TPSA) is 133 Å². The second-order valence-corrected chi connectivity index (χ2v) is 6.38. The lowest BCUT2D eigenvalue weighted by Crippen LogP contribution is -2.34. The summed E-state index contributed by atoms with van der Waals surface area (Å²) in [7, 11) is 0. The third-order valence-electron chi connectivity index (χ3n) is 4.35. The van der Waals surface area contributed by atoms with Crippen LogP contribution in [0.25, 0.3) is 0 Å². The number of H-pyrrole nitrogens is 1. The molecule has 0 spiro atoms. The summed E-state index contributed by atoms with van der Waals surface area (Å²) in [4.78, 5) is 42.2. The number of hydrogen-bond donors (Lipinski definition) is 4. The van der Waals surface area contributed by atoms with Crippen LogP contribution in [0.2, 0.25) is 0 Å². The van der Waals surface area contributed by atoms with E-state index in [1.807, 2.05) is 30.3 Å². The first-order valence-corrected chi connectivity index (χ1v) is 8.76. The maximum absolute atomic E-state index is 12.4. The number of carbonyl (C=O) groups excluding carboxylic acids is 1. The van der Waals surface area contributed by atoms with E-state index in [1.165, 1.54) is 0 Å². The highest BCUT2D eigenvalue weighted by Gasteiger charge is 2.34. The zero-order chi connectivity index (χ0) is 20.4. The van der Waals surface area contributed by atoms with Crippen molar-refractivity contribution in [1.29, 1.82) is 0 Å². The number of benzene rings is 2. The minimum atomic E-state index is -1.25. The fourth-order valence-electron chi connectivity index (χ4n) is 3.01. The molecule has 0 radical (unpaired) electrons. The number of fused-ring (bicyclic) bond motifs is 1. The molecule has 4 N–H and O–H groups in total. The summed E-state index contributed by atoms with van der Waals surface area (Å²) in [5, 5.41) is 14.7. The number of hydrogen-bond acceptors (Lipinski definition) is 6. The van der Waals surface area contributed by atoms with Crippen molar-refractivity contribution in [3.63, 3.8) is 0 Å². The summed E-state index contributed by atoms with van der Waals surface area (Å²) in [6.07, 6.45) is -0.303. The van der Waals surface area contributed by atoms with Crippen LogP contribution in [0, 0.1) is 0 Å². The number of anilines is 3. The molecule has 0 saturated heterocycles. The maximum Gasteiger partial charge on any atom is 0.311 e. The summed E-state index contributed by atoms with van der Waals surface area (Å²) in [5.41, 5.74) is -0.0615. The van der Waals surface area contributed by atoms with Crippen molar-refractivity contribution in [2.75, 3.05) is 10.6 Å². The first-order chi connectivity index (χ1) is 14.0. The summed E-state index contributed by atoms with van der Waals surface area (Å²) < 4.78 is 5.72. The van der Waals surface area contributed by atoms with Crippen LogP contribution in [0.5, 0.6) is 11.5 Å². The van der Waals surface area contributed by atoms with E-state index in [0.29, 0.717) is 17.2 Å². The van der Waals surface area contributed by atoms with Crippen LogP contribution in [0.15, 0.2) is 59.4 Å². The second-order valence-electron chi connectivity index (χ2n) is 6.38. The van der Waals surface area contributed by atoms with Gasteiger partial charge in [0.2, 0.25) is 11.9 Å². The van der Waals surface area contributed by atoms with E-state index in [4.69, 9.17) is 4.74 Å². The molecule has 4 rings (SSSR count). The maximum atomic E-state index is 12.4. The Hall–Kier alpha value is -4.14. The van der Waals surface area contributed by atoms with Crippen molar-refractivity contribution in [2.45, 2.75) is 12.3 Å². The van der Waals surface area contributed by atoms with Crippen molar-refractivity contribution in [2.24, 2.45) is 0 Å². The van der Waals surface area contributed by atoms with Gasteiger partial charge in [-0.25, -0.2) is 0 Å². The number of nitrogens with one attached hydrogen (secondary N) is 3. The number of rotatable bonds is 5. The van der Waals surface area contributed by atoms with Gasteiger partial charge < -0.3 is 20.5 Å². The van der Waals surface area contributed by atoms with E-state index in [2.05, 4.69) is 20.6 Å². The van der Waals surface area contributed by atoms with Crippen molar-refractivity contribution in [3.8, 4) is 11.5 Å². The monoisotopic (exact) mass is 392 g/mol. The molecule has 29 heavy (non-hydrogen) atoms. The number of aromatic amines is 1. The highest BCUT2D eigenvalue weighted by Crippen LogP contribution is 2.29. The molecule has 1 amide bonds. The number of aromatic nitrogens is 2. The van der Waals surface area contributed by atoms with E-state index >= 15 is 0 Å². The lowest BCUT2D eigenvalue weighted by Gasteiger charge is -2.21. The van der Waals surface area contributed by atoms with Crippen molar-refractivity contribution >= 4 is 29.3 Å². The quantitative estimate of drug-likeness (QED) is 0.525. The zero-order valence-electron chi connectivity index (χ0n) is 15.0. The number of carboxylic acid groups (broad SMARTS) is 1. The molecular formula is C20H16N4O5. The van der Waals surface area contributed by atoms with Gasteiger partial charge in [0.1, 0.15) is 17.3 Å². The lowest BCUT2D eigenvalue weighted by atomic mass is 9.94. The third kappa shape index (κ3) is 3.93. The van der Waals surface area contributed by atoms with Gasteiger partial charge in [0.15, 0.2) is 0 Å². The molecule has 9 nitrogen and oxygen atoms in total. The van der Waals surface area contributed by atoms with Gasteiger partial charge in [-0.3, -0.25) is 19.4 Å². The smallest absolute Gasteiger partial charge is 0.311 e. The standard InChI is InChI=1S/C20H16N4O5/c25-15-10-14(19(27)28)16-17(22-15)23-20(24-18(16)26)21-11-6-8-13(9-7-11)29-12-4-2-1-3-5-12/h1-9,14H,10H2,(H,27,28)(H3,21,22,23,24,25,26). The van der Waals surface area contributed by atoms with Gasteiger partial charge in [-0.2, -0.15) is 4.98 Å². The molecule has 2 aromatic carbocycles. The van der Waals surface area contributed by atoms with E-state index in [1.54, 1.807) is 24.3 Å². The Morgan fingerprint density at radius 2 is 1.76 bits per heavy atom. The van der Waals surface area contributed by atoms with E-state index in [9.17, 15) is 19.5 Å². The number of para-hydroxylation sites is 1. The van der Waals surface area contributed by atoms with Crippen LogP contribution in [0.1, 0.15) is 17.9 Å². The zero-order valence-corrected chi connectivity index (χ0v) is 15.0. The molecule has 0 fully saturated rings. The molecular weight excluding hydrogens is 376 g/mol.